The normalized spacial score (nSPS) is 27.9. The molecule has 116 valence electrons. The first-order valence-corrected chi connectivity index (χ1v) is 6.89. The standard InChI is InChI=1S/C15H16N2O5/c1-22-10-4-2-9(3-5-10)11(18)16-17-12(19)14-6-15(7-14,8-14)13(20)21/h2-5H,6-8H2,1H3,(H,16,18)(H,17,19)(H,20,21). The second-order valence-corrected chi connectivity index (χ2v) is 6.03. The molecule has 0 heterocycles. The monoisotopic (exact) mass is 304 g/mol. The third kappa shape index (κ3) is 2.01. The van der Waals surface area contributed by atoms with Crippen molar-refractivity contribution in [2.75, 3.05) is 7.11 Å². The van der Waals surface area contributed by atoms with Crippen LogP contribution in [0.25, 0.3) is 0 Å². The molecule has 3 aliphatic rings. The molecule has 2 bridgehead atoms. The van der Waals surface area contributed by atoms with Crippen molar-refractivity contribution in [3.05, 3.63) is 29.8 Å². The number of carbonyl (C=O) groups excluding carboxylic acids is 2. The van der Waals surface area contributed by atoms with Gasteiger partial charge in [0.2, 0.25) is 5.91 Å². The lowest BCUT2D eigenvalue weighted by Gasteiger charge is -2.66. The molecular formula is C15H16N2O5. The van der Waals surface area contributed by atoms with E-state index in [0.29, 0.717) is 30.6 Å². The fourth-order valence-corrected chi connectivity index (χ4v) is 3.32. The highest BCUT2D eigenvalue weighted by atomic mass is 16.5. The molecule has 2 amide bonds. The summed E-state index contributed by atoms with van der Waals surface area (Å²) in [5.41, 5.74) is 3.79. The molecule has 1 aromatic carbocycles. The maximum absolute atomic E-state index is 12.0. The molecule has 7 heteroatoms. The molecule has 0 unspecified atom stereocenters. The Hall–Kier alpha value is -2.57. The van der Waals surface area contributed by atoms with Gasteiger partial charge in [-0.2, -0.15) is 0 Å². The quantitative estimate of drug-likeness (QED) is 0.711. The van der Waals surface area contributed by atoms with E-state index in [1.807, 2.05) is 0 Å². The maximum Gasteiger partial charge on any atom is 0.309 e. The summed E-state index contributed by atoms with van der Waals surface area (Å²) in [5.74, 6) is -0.967. The van der Waals surface area contributed by atoms with Crippen LogP contribution >= 0.6 is 0 Å². The first kappa shape index (κ1) is 14.4. The van der Waals surface area contributed by atoms with Gasteiger partial charge in [-0.1, -0.05) is 0 Å². The van der Waals surface area contributed by atoms with Crippen LogP contribution in [0.1, 0.15) is 29.6 Å². The van der Waals surface area contributed by atoms with Crippen LogP contribution in [0.2, 0.25) is 0 Å². The van der Waals surface area contributed by atoms with Crippen LogP contribution in [0.3, 0.4) is 0 Å². The minimum atomic E-state index is -0.843. The number of carbonyl (C=O) groups is 3. The zero-order chi connectivity index (χ0) is 16.0. The van der Waals surface area contributed by atoms with Crippen molar-refractivity contribution < 1.29 is 24.2 Å². The SMILES string of the molecule is COc1ccc(C(=O)NNC(=O)C23CC(C(=O)O)(C2)C3)cc1. The summed E-state index contributed by atoms with van der Waals surface area (Å²) >= 11 is 0. The Kier molecular flexibility index (Phi) is 3.09. The molecule has 1 aromatic rings. The molecule has 4 rings (SSSR count). The predicted octanol–water partition coefficient (Wildman–Crippen LogP) is 0.711. The summed E-state index contributed by atoms with van der Waals surface area (Å²) < 4.78 is 5.00. The topological polar surface area (TPSA) is 105 Å². The highest BCUT2D eigenvalue weighted by molar-refractivity contribution is 5.98. The van der Waals surface area contributed by atoms with Crippen molar-refractivity contribution in [2.45, 2.75) is 19.3 Å². The molecule has 0 atom stereocenters. The zero-order valence-electron chi connectivity index (χ0n) is 12.0. The molecule has 0 aliphatic heterocycles. The second kappa shape index (κ2) is 4.72. The minimum Gasteiger partial charge on any atom is -0.497 e. The summed E-state index contributed by atoms with van der Waals surface area (Å²) in [6.07, 6.45) is 1.04. The Bertz CT molecular complexity index is 633. The highest BCUT2D eigenvalue weighted by Gasteiger charge is 2.75. The molecule has 3 N–H and O–H groups in total. The van der Waals surface area contributed by atoms with Crippen LogP contribution in [0.4, 0.5) is 0 Å². The van der Waals surface area contributed by atoms with E-state index in [1.54, 1.807) is 24.3 Å². The molecule has 3 aliphatic carbocycles. The first-order chi connectivity index (χ1) is 10.4. The van der Waals surface area contributed by atoms with Crippen LogP contribution in [0, 0.1) is 10.8 Å². The second-order valence-electron chi connectivity index (χ2n) is 6.03. The third-order valence-electron chi connectivity index (χ3n) is 4.61. The number of aliphatic carboxylic acids is 1. The van der Waals surface area contributed by atoms with E-state index in [-0.39, 0.29) is 5.91 Å². The molecule has 0 radical (unpaired) electrons. The Morgan fingerprint density at radius 1 is 1.05 bits per heavy atom. The molecule has 0 saturated heterocycles. The average molecular weight is 304 g/mol. The highest BCUT2D eigenvalue weighted by Crippen LogP contribution is 2.73. The Morgan fingerprint density at radius 3 is 2.14 bits per heavy atom. The van der Waals surface area contributed by atoms with E-state index in [1.165, 1.54) is 7.11 Å². The fourth-order valence-electron chi connectivity index (χ4n) is 3.32. The average Bonchev–Trinajstić information content (AvgIpc) is 2.41. The molecule has 0 spiro atoms. The van der Waals surface area contributed by atoms with Crippen molar-refractivity contribution in [3.63, 3.8) is 0 Å². The van der Waals surface area contributed by atoms with Gasteiger partial charge < -0.3 is 9.84 Å². The van der Waals surface area contributed by atoms with Crippen LogP contribution in [-0.4, -0.2) is 30.0 Å². The van der Waals surface area contributed by atoms with E-state index < -0.39 is 22.7 Å². The van der Waals surface area contributed by atoms with Gasteiger partial charge in [-0.25, -0.2) is 0 Å². The van der Waals surface area contributed by atoms with Gasteiger partial charge in [-0.15, -0.1) is 0 Å². The lowest BCUT2D eigenvalue weighted by Crippen LogP contribution is -2.71. The van der Waals surface area contributed by atoms with Gasteiger partial charge in [-0.05, 0) is 43.5 Å². The van der Waals surface area contributed by atoms with E-state index in [9.17, 15) is 14.4 Å². The summed E-state index contributed by atoms with van der Waals surface area (Å²) in [7, 11) is 1.53. The van der Waals surface area contributed by atoms with Gasteiger partial charge in [0, 0.05) is 5.56 Å². The number of carboxylic acid groups (broad SMARTS) is 1. The first-order valence-electron chi connectivity index (χ1n) is 6.89. The fraction of sp³-hybridized carbons (Fsp3) is 0.400. The van der Waals surface area contributed by atoms with Gasteiger partial charge >= 0.3 is 5.97 Å². The van der Waals surface area contributed by atoms with Gasteiger partial charge in [0.1, 0.15) is 5.75 Å². The zero-order valence-corrected chi connectivity index (χ0v) is 12.0. The summed E-state index contributed by atoms with van der Waals surface area (Å²) in [4.78, 5) is 35.0. The van der Waals surface area contributed by atoms with Crippen molar-refractivity contribution in [1.29, 1.82) is 0 Å². The summed E-state index contributed by atoms with van der Waals surface area (Å²) in [6.45, 7) is 0. The number of hydrogen-bond donors (Lipinski definition) is 3. The Morgan fingerprint density at radius 2 is 1.64 bits per heavy atom. The number of methoxy groups -OCH3 is 1. The van der Waals surface area contributed by atoms with Gasteiger partial charge in [0.05, 0.1) is 17.9 Å². The molecule has 0 aromatic heterocycles. The molecule has 3 saturated carbocycles. The molecular weight excluding hydrogens is 288 g/mol. The number of hydrazine groups is 1. The van der Waals surface area contributed by atoms with Crippen LogP contribution in [0.15, 0.2) is 24.3 Å². The minimum absolute atomic E-state index is 0.322. The number of ether oxygens (including phenoxy) is 1. The number of hydrogen-bond acceptors (Lipinski definition) is 4. The number of amides is 2. The van der Waals surface area contributed by atoms with E-state index in [4.69, 9.17) is 9.84 Å². The summed E-state index contributed by atoms with van der Waals surface area (Å²) in [6, 6.07) is 6.46. The van der Waals surface area contributed by atoms with Crippen molar-refractivity contribution in [3.8, 4) is 5.75 Å². The van der Waals surface area contributed by atoms with Crippen molar-refractivity contribution in [2.24, 2.45) is 10.8 Å². The van der Waals surface area contributed by atoms with Crippen molar-refractivity contribution >= 4 is 17.8 Å². The maximum atomic E-state index is 12.0. The summed E-state index contributed by atoms with van der Waals surface area (Å²) in [5, 5.41) is 9.02. The number of benzene rings is 1. The number of rotatable bonds is 4. The van der Waals surface area contributed by atoms with E-state index in [2.05, 4.69) is 10.9 Å². The predicted molar refractivity (Wildman–Crippen MR) is 75.0 cm³/mol. The lowest BCUT2D eigenvalue weighted by molar-refractivity contribution is -0.220. The molecule has 22 heavy (non-hydrogen) atoms. The molecule has 7 nitrogen and oxygen atoms in total. The number of nitrogens with one attached hydrogen (secondary N) is 2. The van der Waals surface area contributed by atoms with Gasteiger partial charge in [0.15, 0.2) is 0 Å². The van der Waals surface area contributed by atoms with E-state index in [0.717, 1.165) is 0 Å². The van der Waals surface area contributed by atoms with Gasteiger partial charge in [0.25, 0.3) is 5.91 Å². The Labute approximate surface area is 126 Å². The lowest BCUT2D eigenvalue weighted by atomic mass is 9.35. The van der Waals surface area contributed by atoms with E-state index >= 15 is 0 Å². The van der Waals surface area contributed by atoms with Crippen LogP contribution in [-0.2, 0) is 9.59 Å². The van der Waals surface area contributed by atoms with Crippen molar-refractivity contribution in [1.82, 2.24) is 10.9 Å². The largest absolute Gasteiger partial charge is 0.497 e. The molecule has 3 fully saturated rings. The van der Waals surface area contributed by atoms with Crippen LogP contribution in [0.5, 0.6) is 5.75 Å². The Balaban J connectivity index is 1.52. The number of carboxylic acids is 1. The van der Waals surface area contributed by atoms with Gasteiger partial charge in [-0.3, -0.25) is 25.2 Å². The third-order valence-corrected chi connectivity index (χ3v) is 4.61. The smallest absolute Gasteiger partial charge is 0.309 e. The van der Waals surface area contributed by atoms with Crippen LogP contribution < -0.4 is 15.6 Å².